The number of cyclic esters (lactones) is 1. The Balaban J connectivity index is 1.86. The summed E-state index contributed by atoms with van der Waals surface area (Å²) < 4.78 is 8.06. The van der Waals surface area contributed by atoms with Crippen LogP contribution in [0.1, 0.15) is 39.5 Å². The molecule has 128 valence electrons. The summed E-state index contributed by atoms with van der Waals surface area (Å²) >= 11 is 1.18. The number of aromatic nitrogens is 1. The van der Waals surface area contributed by atoms with E-state index in [0.29, 0.717) is 19.4 Å². The summed E-state index contributed by atoms with van der Waals surface area (Å²) in [4.78, 5) is 36.7. The lowest BCUT2D eigenvalue weighted by molar-refractivity contribution is -0.153. The molecule has 0 amide bonds. The van der Waals surface area contributed by atoms with E-state index in [1.165, 1.54) is 18.3 Å². The minimum Gasteiger partial charge on any atom is -0.460 e. The van der Waals surface area contributed by atoms with Crippen LogP contribution in [0.25, 0.3) is 10.2 Å². The Kier molecular flexibility index (Phi) is 4.58. The molecular weight excluding hydrogens is 326 g/mol. The highest BCUT2D eigenvalue weighted by atomic mass is 32.1. The fourth-order valence-corrected chi connectivity index (χ4v) is 4.32. The third-order valence-electron chi connectivity index (χ3n) is 4.83. The lowest BCUT2D eigenvalue weighted by atomic mass is 9.77. The van der Waals surface area contributed by atoms with Crippen LogP contribution >= 0.6 is 11.3 Å². The van der Waals surface area contributed by atoms with E-state index < -0.39 is 17.5 Å². The average Bonchev–Trinajstić information content (AvgIpc) is 3.04. The monoisotopic (exact) mass is 347 g/mol. The number of rotatable bonds is 6. The molecule has 0 spiro atoms. The molecule has 2 atom stereocenters. The maximum Gasteiger partial charge on any atom is 0.320 e. The van der Waals surface area contributed by atoms with E-state index in [4.69, 9.17) is 4.74 Å². The number of Topliss-reactive ketones (excluding diaryl/α,β-unsaturated/α-hetero) is 1. The number of thiazole rings is 1. The Morgan fingerprint density at radius 3 is 2.83 bits per heavy atom. The van der Waals surface area contributed by atoms with Gasteiger partial charge >= 0.3 is 10.8 Å². The van der Waals surface area contributed by atoms with E-state index in [0.717, 1.165) is 23.1 Å². The number of ether oxygens (including phenoxy) is 1. The molecule has 24 heavy (non-hydrogen) atoms. The number of carbonyl (C=O) groups excluding carboxylic acids is 2. The Morgan fingerprint density at radius 2 is 2.12 bits per heavy atom. The topological polar surface area (TPSA) is 65.4 Å². The van der Waals surface area contributed by atoms with Gasteiger partial charge in [0.2, 0.25) is 0 Å². The Labute approximate surface area is 144 Å². The van der Waals surface area contributed by atoms with Gasteiger partial charge < -0.3 is 4.74 Å². The molecular formula is C18H21NO4S. The highest BCUT2D eigenvalue weighted by Gasteiger charge is 2.52. The van der Waals surface area contributed by atoms with Crippen molar-refractivity contribution >= 4 is 33.3 Å². The molecule has 1 fully saturated rings. The Morgan fingerprint density at radius 1 is 1.38 bits per heavy atom. The number of nitrogens with zero attached hydrogens (tertiary/aromatic N) is 1. The van der Waals surface area contributed by atoms with Gasteiger partial charge in [-0.25, -0.2) is 0 Å². The molecule has 6 heteroatoms. The van der Waals surface area contributed by atoms with Crippen molar-refractivity contribution in [3.8, 4) is 0 Å². The van der Waals surface area contributed by atoms with E-state index in [1.807, 2.05) is 31.2 Å². The third kappa shape index (κ3) is 2.79. The van der Waals surface area contributed by atoms with Crippen molar-refractivity contribution in [2.75, 3.05) is 0 Å². The molecule has 1 aliphatic rings. The first kappa shape index (κ1) is 16.9. The first-order valence-corrected chi connectivity index (χ1v) is 9.10. The van der Waals surface area contributed by atoms with Crippen LogP contribution in [0.15, 0.2) is 29.1 Å². The second kappa shape index (κ2) is 6.51. The van der Waals surface area contributed by atoms with Crippen molar-refractivity contribution in [2.45, 2.75) is 52.2 Å². The standard InChI is InChI=1S/C18H21NO4S/c1-3-4-9-18(12(2)20)10-13(23-16(18)21)11-19-14-7-5-6-8-15(14)24-17(19)22/h5-8,13H,3-4,9-11H2,1-2H3. The predicted octanol–water partition coefficient (Wildman–Crippen LogP) is 3.14. The normalized spacial score (nSPS) is 23.6. The van der Waals surface area contributed by atoms with E-state index in [9.17, 15) is 14.4 Å². The van der Waals surface area contributed by atoms with Crippen molar-refractivity contribution < 1.29 is 14.3 Å². The molecule has 2 unspecified atom stereocenters. The molecule has 1 aromatic carbocycles. The van der Waals surface area contributed by atoms with Gasteiger partial charge in [-0.1, -0.05) is 43.2 Å². The smallest absolute Gasteiger partial charge is 0.320 e. The molecule has 1 saturated heterocycles. The molecule has 2 aromatic rings. The molecule has 0 saturated carbocycles. The van der Waals surface area contributed by atoms with Crippen LogP contribution in [-0.2, 0) is 20.9 Å². The summed E-state index contributed by atoms with van der Waals surface area (Å²) in [5, 5.41) is 0. The quantitative estimate of drug-likeness (QED) is 0.595. The third-order valence-corrected chi connectivity index (χ3v) is 5.79. The molecule has 0 radical (unpaired) electrons. The summed E-state index contributed by atoms with van der Waals surface area (Å²) in [5.41, 5.74) is -0.187. The van der Waals surface area contributed by atoms with Crippen molar-refractivity contribution in [3.05, 3.63) is 33.9 Å². The van der Waals surface area contributed by atoms with Crippen molar-refractivity contribution in [3.63, 3.8) is 0 Å². The first-order chi connectivity index (χ1) is 11.5. The van der Waals surface area contributed by atoms with Crippen LogP contribution in [0, 0.1) is 5.41 Å². The van der Waals surface area contributed by atoms with Gasteiger partial charge in [-0.05, 0) is 25.5 Å². The van der Waals surface area contributed by atoms with E-state index in [2.05, 4.69) is 0 Å². The molecule has 0 N–H and O–H groups in total. The Hall–Kier alpha value is -1.95. The van der Waals surface area contributed by atoms with Crippen LogP contribution in [0.2, 0.25) is 0 Å². The molecule has 2 heterocycles. The number of benzene rings is 1. The van der Waals surface area contributed by atoms with Gasteiger partial charge in [-0.3, -0.25) is 19.0 Å². The van der Waals surface area contributed by atoms with Crippen LogP contribution in [0.5, 0.6) is 0 Å². The molecule has 1 aromatic heterocycles. The molecule has 3 rings (SSSR count). The second-order valence-electron chi connectivity index (χ2n) is 6.42. The van der Waals surface area contributed by atoms with Gasteiger partial charge in [0.1, 0.15) is 17.3 Å². The predicted molar refractivity (Wildman–Crippen MR) is 93.2 cm³/mol. The van der Waals surface area contributed by atoms with Gasteiger partial charge in [0.25, 0.3) is 0 Å². The SMILES string of the molecule is CCCCC1(C(C)=O)CC(Cn2c(=O)sc3ccccc32)OC1=O. The Bertz CT molecular complexity index is 837. The summed E-state index contributed by atoms with van der Waals surface area (Å²) in [6.45, 7) is 3.80. The van der Waals surface area contributed by atoms with Gasteiger partial charge in [0.05, 0.1) is 16.8 Å². The number of hydrogen-bond donors (Lipinski definition) is 0. The minimum atomic E-state index is -1.03. The van der Waals surface area contributed by atoms with Gasteiger partial charge in [0.15, 0.2) is 0 Å². The fourth-order valence-electron chi connectivity index (χ4n) is 3.42. The molecule has 5 nitrogen and oxygen atoms in total. The zero-order valence-corrected chi connectivity index (χ0v) is 14.7. The van der Waals surface area contributed by atoms with Gasteiger partial charge in [-0.15, -0.1) is 0 Å². The molecule has 1 aliphatic heterocycles. The number of ketones is 1. The van der Waals surface area contributed by atoms with Crippen LogP contribution in [-0.4, -0.2) is 22.4 Å². The lowest BCUT2D eigenvalue weighted by Gasteiger charge is -2.20. The molecule has 0 aliphatic carbocycles. The number of unbranched alkanes of at least 4 members (excludes halogenated alkanes) is 1. The fraction of sp³-hybridized carbons (Fsp3) is 0.500. The van der Waals surface area contributed by atoms with Crippen molar-refractivity contribution in [1.82, 2.24) is 4.57 Å². The first-order valence-electron chi connectivity index (χ1n) is 8.28. The van der Waals surface area contributed by atoms with Gasteiger partial charge in [-0.2, -0.15) is 0 Å². The van der Waals surface area contributed by atoms with Crippen LogP contribution in [0.4, 0.5) is 0 Å². The van der Waals surface area contributed by atoms with Crippen LogP contribution in [0.3, 0.4) is 0 Å². The number of carbonyl (C=O) groups is 2. The summed E-state index contributed by atoms with van der Waals surface area (Å²) in [6.07, 6.45) is 2.17. The van der Waals surface area contributed by atoms with Gasteiger partial charge in [0, 0.05) is 6.42 Å². The van der Waals surface area contributed by atoms with E-state index in [-0.39, 0.29) is 10.7 Å². The van der Waals surface area contributed by atoms with Crippen LogP contribution < -0.4 is 4.87 Å². The van der Waals surface area contributed by atoms with E-state index >= 15 is 0 Å². The number of para-hydroxylation sites is 1. The summed E-state index contributed by atoms with van der Waals surface area (Å²) in [6, 6.07) is 7.56. The highest BCUT2D eigenvalue weighted by Crippen LogP contribution is 2.40. The zero-order chi connectivity index (χ0) is 17.3. The number of hydrogen-bond acceptors (Lipinski definition) is 5. The maximum atomic E-state index is 12.4. The summed E-state index contributed by atoms with van der Waals surface area (Å²) in [5.74, 6) is -0.563. The maximum absolute atomic E-state index is 12.4. The second-order valence-corrected chi connectivity index (χ2v) is 7.41. The largest absolute Gasteiger partial charge is 0.460 e. The average molecular weight is 347 g/mol. The number of fused-ring (bicyclic) bond motifs is 1. The van der Waals surface area contributed by atoms with Crippen molar-refractivity contribution in [2.24, 2.45) is 5.41 Å². The minimum absolute atomic E-state index is 0.0684. The highest BCUT2D eigenvalue weighted by molar-refractivity contribution is 7.16. The van der Waals surface area contributed by atoms with Crippen molar-refractivity contribution in [1.29, 1.82) is 0 Å². The molecule has 0 bridgehead atoms. The number of esters is 1. The lowest BCUT2D eigenvalue weighted by Crippen LogP contribution is -2.34. The zero-order valence-electron chi connectivity index (χ0n) is 13.9. The van der Waals surface area contributed by atoms with E-state index in [1.54, 1.807) is 4.57 Å². The summed E-state index contributed by atoms with van der Waals surface area (Å²) in [7, 11) is 0.